The van der Waals surface area contributed by atoms with E-state index in [2.05, 4.69) is 28.1 Å². The van der Waals surface area contributed by atoms with Gasteiger partial charge in [0, 0.05) is 13.0 Å². The molecular weight excluding hydrogens is 425 g/mol. The Bertz CT molecular complexity index is 382. The molecule has 0 spiro atoms. The van der Waals surface area contributed by atoms with E-state index in [0.29, 0.717) is 13.2 Å². The lowest BCUT2D eigenvalue weighted by molar-refractivity contribution is -0.870. The van der Waals surface area contributed by atoms with Crippen LogP contribution in [0, 0.1) is 0 Å². The van der Waals surface area contributed by atoms with Gasteiger partial charge < -0.3 is 28.3 Å². The van der Waals surface area contributed by atoms with Crippen molar-refractivity contribution >= 4 is 8.60 Å². The molecule has 0 aromatic carbocycles. The lowest BCUT2D eigenvalue weighted by atomic mass is 10.0. The molecule has 194 valence electrons. The van der Waals surface area contributed by atoms with Crippen LogP contribution in [0.3, 0.4) is 0 Å². The molecule has 0 aliphatic carbocycles. The fraction of sp³-hybridized carbons (Fsp3) is 1.00. The maximum absolute atomic E-state index is 9.88. The van der Waals surface area contributed by atoms with Crippen LogP contribution in [0.2, 0.25) is 0 Å². The Morgan fingerprint density at radius 2 is 1.16 bits per heavy atom. The van der Waals surface area contributed by atoms with E-state index in [1.54, 1.807) is 0 Å². The Morgan fingerprint density at radius 1 is 0.656 bits per heavy atom. The molecule has 0 saturated carbocycles. The zero-order chi connectivity index (χ0) is 23.9. The lowest BCUT2D eigenvalue weighted by Crippen LogP contribution is -2.35. The van der Waals surface area contributed by atoms with Gasteiger partial charge in [-0.2, -0.15) is 0 Å². The second-order valence-corrected chi connectivity index (χ2v) is 11.1. The van der Waals surface area contributed by atoms with Crippen molar-refractivity contribution in [3.63, 3.8) is 0 Å². The van der Waals surface area contributed by atoms with Crippen molar-refractivity contribution in [3.8, 4) is 0 Å². The largest absolute Gasteiger partial charge is 0.388 e. The molecule has 0 aromatic rings. The maximum Gasteiger partial charge on any atom is 0.329 e. The Hall–Kier alpha value is 0.190. The molecule has 0 rings (SSSR count). The fourth-order valence-corrected chi connectivity index (χ4v) is 4.19. The number of hydrogen-bond acceptors (Lipinski definition) is 5. The van der Waals surface area contributed by atoms with Crippen LogP contribution < -0.4 is 0 Å². The van der Waals surface area contributed by atoms with Gasteiger partial charge in [-0.3, -0.25) is 0 Å². The smallest absolute Gasteiger partial charge is 0.329 e. The highest BCUT2D eigenvalue weighted by Gasteiger charge is 2.13. The van der Waals surface area contributed by atoms with Gasteiger partial charge in [0.1, 0.15) is 6.10 Å². The molecule has 0 aliphatic rings. The number of ether oxygens (including phenoxy) is 1. The minimum absolute atomic E-state index is 0.0380. The molecule has 7 heteroatoms. The molecule has 0 radical (unpaired) electrons. The summed E-state index contributed by atoms with van der Waals surface area (Å²) in [6.07, 6.45) is 18.9. The van der Waals surface area contributed by atoms with Crippen LogP contribution >= 0.6 is 8.60 Å². The van der Waals surface area contributed by atoms with Crippen LogP contribution in [0.1, 0.15) is 103 Å². The zero-order valence-electron chi connectivity index (χ0n) is 21.7. The molecule has 2 atom stereocenters. The van der Waals surface area contributed by atoms with Gasteiger partial charge in [0.2, 0.25) is 0 Å². The predicted octanol–water partition coefficient (Wildman–Crippen LogP) is 6.19. The van der Waals surface area contributed by atoms with Gasteiger partial charge in [-0.25, -0.2) is 0 Å². The minimum atomic E-state index is -1.92. The molecule has 2 N–H and O–H groups in total. The zero-order valence-corrected chi connectivity index (χ0v) is 22.6. The third-order valence-electron chi connectivity index (χ3n) is 5.50. The second kappa shape index (κ2) is 23.0. The van der Waals surface area contributed by atoms with Gasteiger partial charge in [-0.15, -0.1) is 0 Å². The molecule has 0 bridgehead atoms. The number of nitrogens with zero attached hydrogens (tertiary/aromatic N) is 1. The first-order valence-corrected chi connectivity index (χ1v) is 14.3. The highest BCUT2D eigenvalue weighted by Crippen LogP contribution is 2.32. The summed E-state index contributed by atoms with van der Waals surface area (Å²) in [6, 6.07) is 0. The Morgan fingerprint density at radius 3 is 1.66 bits per heavy atom. The fourth-order valence-electron chi connectivity index (χ4n) is 3.53. The Kier molecular flexibility index (Phi) is 23.1. The summed E-state index contributed by atoms with van der Waals surface area (Å²) in [6.45, 7) is 4.65. The number of hydrogen-bond donors (Lipinski definition) is 2. The van der Waals surface area contributed by atoms with E-state index in [9.17, 15) is 10.00 Å². The van der Waals surface area contributed by atoms with Crippen molar-refractivity contribution in [1.29, 1.82) is 0 Å². The SMILES string of the molecule is CCCCCCCCCCCCCCCCOCC(O)COP(O)OCCC[N+](C)(C)C. The van der Waals surface area contributed by atoms with Gasteiger partial charge in [0.15, 0.2) is 0 Å². The summed E-state index contributed by atoms with van der Waals surface area (Å²) in [5.74, 6) is 0. The third-order valence-corrected chi connectivity index (χ3v) is 6.28. The standard InChI is InChI=1S/C25H55NO5P/c1-5-6-7-8-9-10-11-12-13-14-15-16-17-18-21-29-23-25(27)24-31-32(28)30-22-19-20-26(2,3)4/h25,27-28H,5-24H2,1-4H3/q+1. The van der Waals surface area contributed by atoms with Crippen molar-refractivity contribution in [2.24, 2.45) is 0 Å². The molecule has 0 aromatic heterocycles. The molecule has 2 unspecified atom stereocenters. The molecule has 0 saturated heterocycles. The number of rotatable bonds is 25. The van der Waals surface area contributed by atoms with Crippen LogP contribution in [-0.2, 0) is 13.8 Å². The summed E-state index contributed by atoms with van der Waals surface area (Å²) in [7, 11) is 4.43. The molecule has 0 heterocycles. The van der Waals surface area contributed by atoms with Crippen molar-refractivity contribution in [2.75, 3.05) is 54.1 Å². The highest BCUT2D eigenvalue weighted by atomic mass is 31.2. The van der Waals surface area contributed by atoms with Crippen LogP contribution in [0.5, 0.6) is 0 Å². The average Bonchev–Trinajstić information content (AvgIpc) is 2.74. The molecular formula is C25H55NO5P+. The van der Waals surface area contributed by atoms with Gasteiger partial charge in [-0.1, -0.05) is 90.4 Å². The van der Waals surface area contributed by atoms with Crippen molar-refractivity contribution in [2.45, 2.75) is 109 Å². The van der Waals surface area contributed by atoms with Gasteiger partial charge >= 0.3 is 8.60 Å². The van der Waals surface area contributed by atoms with Gasteiger partial charge in [0.25, 0.3) is 0 Å². The van der Waals surface area contributed by atoms with Crippen LogP contribution in [0.4, 0.5) is 0 Å². The Labute approximate surface area is 200 Å². The van der Waals surface area contributed by atoms with Gasteiger partial charge in [0.05, 0.1) is 47.5 Å². The van der Waals surface area contributed by atoms with E-state index >= 15 is 0 Å². The number of aliphatic hydroxyl groups is 1. The summed E-state index contributed by atoms with van der Waals surface area (Å²) in [4.78, 5) is 9.70. The highest BCUT2D eigenvalue weighted by molar-refractivity contribution is 7.40. The van der Waals surface area contributed by atoms with Crippen LogP contribution in [0.15, 0.2) is 0 Å². The van der Waals surface area contributed by atoms with E-state index in [-0.39, 0.29) is 13.2 Å². The first-order chi connectivity index (χ1) is 15.3. The molecule has 0 amide bonds. The topological polar surface area (TPSA) is 68.2 Å². The second-order valence-electron chi connectivity index (χ2n) is 10.1. The normalized spacial score (nSPS) is 14.1. The number of quaternary nitrogens is 1. The summed E-state index contributed by atoms with van der Waals surface area (Å²) < 4.78 is 16.8. The molecule has 0 fully saturated rings. The summed E-state index contributed by atoms with van der Waals surface area (Å²) in [5.41, 5.74) is 0. The predicted molar refractivity (Wildman–Crippen MR) is 136 cm³/mol. The average molecular weight is 481 g/mol. The quantitative estimate of drug-likeness (QED) is 0.0926. The van der Waals surface area contributed by atoms with Crippen molar-refractivity contribution in [1.82, 2.24) is 0 Å². The molecule has 32 heavy (non-hydrogen) atoms. The van der Waals surface area contributed by atoms with E-state index in [4.69, 9.17) is 13.8 Å². The lowest BCUT2D eigenvalue weighted by Gasteiger charge is -2.23. The van der Waals surface area contributed by atoms with Crippen molar-refractivity contribution < 1.29 is 28.3 Å². The summed E-state index contributed by atoms with van der Waals surface area (Å²) >= 11 is 0. The Balaban J connectivity index is 3.28. The van der Waals surface area contributed by atoms with E-state index in [1.807, 2.05) is 0 Å². The van der Waals surface area contributed by atoms with Gasteiger partial charge in [-0.05, 0) is 6.42 Å². The third kappa shape index (κ3) is 26.4. The van der Waals surface area contributed by atoms with E-state index in [1.165, 1.54) is 83.5 Å². The van der Waals surface area contributed by atoms with Crippen LogP contribution in [-0.4, -0.2) is 74.7 Å². The first kappa shape index (κ1) is 32.2. The minimum Gasteiger partial charge on any atom is -0.388 e. The first-order valence-electron chi connectivity index (χ1n) is 13.2. The number of unbranched alkanes of at least 4 members (excludes halogenated alkanes) is 13. The maximum atomic E-state index is 9.88. The monoisotopic (exact) mass is 480 g/mol. The molecule has 0 aliphatic heterocycles. The number of aliphatic hydroxyl groups excluding tert-OH is 1. The van der Waals surface area contributed by atoms with Crippen LogP contribution in [0.25, 0.3) is 0 Å². The summed E-state index contributed by atoms with van der Waals surface area (Å²) in [5, 5.41) is 9.88. The van der Waals surface area contributed by atoms with E-state index < -0.39 is 14.7 Å². The van der Waals surface area contributed by atoms with E-state index in [0.717, 1.165) is 23.9 Å². The molecule has 6 nitrogen and oxygen atoms in total. The van der Waals surface area contributed by atoms with Crippen molar-refractivity contribution in [3.05, 3.63) is 0 Å².